The molecule has 18 heavy (non-hydrogen) atoms. The summed E-state index contributed by atoms with van der Waals surface area (Å²) < 4.78 is 26.2. The topological polar surface area (TPSA) is 96.5 Å². The fourth-order valence-corrected chi connectivity index (χ4v) is 3.79. The molecule has 1 unspecified atom stereocenters. The van der Waals surface area contributed by atoms with Crippen LogP contribution in [-0.2, 0) is 16.6 Å². The summed E-state index contributed by atoms with van der Waals surface area (Å²) in [6.45, 7) is 0.644. The fraction of sp³-hybridized carbons (Fsp3) is 0.545. The molecule has 1 aliphatic heterocycles. The SMILES string of the molecule is NCc1ncccc1S(=O)(=O)N1CCCC(O)C1. The first kappa shape index (κ1) is 13.4. The van der Waals surface area contributed by atoms with E-state index in [1.165, 1.54) is 16.6 Å². The molecule has 2 heterocycles. The zero-order chi connectivity index (χ0) is 13.2. The van der Waals surface area contributed by atoms with Gasteiger partial charge in [-0.2, -0.15) is 4.31 Å². The van der Waals surface area contributed by atoms with Crippen molar-refractivity contribution in [3.63, 3.8) is 0 Å². The maximum Gasteiger partial charge on any atom is 0.245 e. The van der Waals surface area contributed by atoms with Crippen LogP contribution < -0.4 is 5.73 Å². The standard InChI is InChI=1S/C11H17N3O3S/c12-7-10-11(4-1-5-13-10)18(16,17)14-6-2-3-9(15)8-14/h1,4-5,9,15H,2-3,6-8,12H2. The van der Waals surface area contributed by atoms with Crippen LogP contribution in [0, 0.1) is 0 Å². The summed E-state index contributed by atoms with van der Waals surface area (Å²) in [7, 11) is -3.61. The molecule has 6 nitrogen and oxygen atoms in total. The lowest BCUT2D eigenvalue weighted by Crippen LogP contribution is -2.42. The third-order valence-electron chi connectivity index (χ3n) is 3.02. The number of nitrogens with zero attached hydrogens (tertiary/aromatic N) is 2. The van der Waals surface area contributed by atoms with Crippen LogP contribution >= 0.6 is 0 Å². The van der Waals surface area contributed by atoms with E-state index < -0.39 is 16.1 Å². The average molecular weight is 271 g/mol. The normalized spacial score (nSPS) is 22.0. The van der Waals surface area contributed by atoms with Gasteiger partial charge >= 0.3 is 0 Å². The maximum absolute atomic E-state index is 12.4. The molecule has 0 aliphatic carbocycles. The van der Waals surface area contributed by atoms with Crippen molar-refractivity contribution in [3.8, 4) is 0 Å². The lowest BCUT2D eigenvalue weighted by molar-refractivity contribution is 0.108. The fourth-order valence-electron chi connectivity index (χ4n) is 2.09. The van der Waals surface area contributed by atoms with Gasteiger partial charge in [0.05, 0.1) is 11.8 Å². The van der Waals surface area contributed by atoms with Crippen LogP contribution in [0.1, 0.15) is 18.5 Å². The maximum atomic E-state index is 12.4. The molecule has 0 radical (unpaired) electrons. The van der Waals surface area contributed by atoms with Crippen molar-refractivity contribution in [2.45, 2.75) is 30.4 Å². The van der Waals surface area contributed by atoms with Crippen LogP contribution in [0.3, 0.4) is 0 Å². The van der Waals surface area contributed by atoms with Crippen molar-refractivity contribution >= 4 is 10.0 Å². The van der Waals surface area contributed by atoms with Gasteiger partial charge in [-0.15, -0.1) is 0 Å². The van der Waals surface area contributed by atoms with Gasteiger partial charge in [-0.3, -0.25) is 4.98 Å². The third kappa shape index (κ3) is 2.54. The Bertz CT molecular complexity index is 518. The quantitative estimate of drug-likeness (QED) is 0.786. The summed E-state index contributed by atoms with van der Waals surface area (Å²) in [6.07, 6.45) is 2.24. The lowest BCUT2D eigenvalue weighted by Gasteiger charge is -2.29. The van der Waals surface area contributed by atoms with Gasteiger partial charge in [0.1, 0.15) is 4.90 Å². The second-order valence-corrected chi connectivity index (χ2v) is 6.22. The summed E-state index contributed by atoms with van der Waals surface area (Å²) in [5, 5.41) is 9.57. The zero-order valence-electron chi connectivity index (χ0n) is 9.99. The monoisotopic (exact) mass is 271 g/mol. The van der Waals surface area contributed by atoms with E-state index in [2.05, 4.69) is 4.98 Å². The van der Waals surface area contributed by atoms with Gasteiger partial charge < -0.3 is 10.8 Å². The van der Waals surface area contributed by atoms with E-state index in [9.17, 15) is 13.5 Å². The average Bonchev–Trinajstić information content (AvgIpc) is 2.38. The molecule has 0 spiro atoms. The number of hydrogen-bond acceptors (Lipinski definition) is 5. The Hall–Kier alpha value is -1.02. The number of nitrogens with two attached hydrogens (primary N) is 1. The highest BCUT2D eigenvalue weighted by atomic mass is 32.2. The Balaban J connectivity index is 2.35. The van der Waals surface area contributed by atoms with Crippen molar-refractivity contribution in [2.75, 3.05) is 13.1 Å². The Labute approximate surface area is 106 Å². The predicted octanol–water partition coefficient (Wildman–Crippen LogP) is -0.314. The number of rotatable bonds is 3. The predicted molar refractivity (Wildman–Crippen MR) is 66.1 cm³/mol. The van der Waals surface area contributed by atoms with Crippen LogP contribution in [-0.4, -0.2) is 42.0 Å². The minimum atomic E-state index is -3.61. The molecule has 3 N–H and O–H groups in total. The minimum Gasteiger partial charge on any atom is -0.392 e. The van der Waals surface area contributed by atoms with E-state index >= 15 is 0 Å². The van der Waals surface area contributed by atoms with E-state index in [-0.39, 0.29) is 18.0 Å². The Morgan fingerprint density at radius 1 is 1.56 bits per heavy atom. The number of pyridine rings is 1. The summed E-state index contributed by atoms with van der Waals surface area (Å²) in [5.41, 5.74) is 5.87. The number of aliphatic hydroxyl groups excluding tert-OH is 1. The van der Waals surface area contributed by atoms with Gasteiger partial charge in [0.2, 0.25) is 10.0 Å². The van der Waals surface area contributed by atoms with Gasteiger partial charge in [-0.1, -0.05) is 0 Å². The number of β-amino-alcohol motifs (C(OH)–C–C–N with tert-alkyl or cyclic N) is 1. The van der Waals surface area contributed by atoms with E-state index in [1.807, 2.05) is 0 Å². The van der Waals surface area contributed by atoms with Gasteiger partial charge in [-0.25, -0.2) is 8.42 Å². The van der Waals surface area contributed by atoms with Crippen molar-refractivity contribution in [1.29, 1.82) is 0 Å². The molecular weight excluding hydrogens is 254 g/mol. The van der Waals surface area contributed by atoms with Crippen LogP contribution in [0.5, 0.6) is 0 Å². The van der Waals surface area contributed by atoms with Crippen LogP contribution in [0.4, 0.5) is 0 Å². The van der Waals surface area contributed by atoms with E-state index in [0.717, 1.165) is 0 Å². The highest BCUT2D eigenvalue weighted by Crippen LogP contribution is 2.22. The van der Waals surface area contributed by atoms with Crippen LogP contribution in [0.2, 0.25) is 0 Å². The second-order valence-electron chi connectivity index (χ2n) is 4.31. The van der Waals surface area contributed by atoms with Gasteiger partial charge in [0.25, 0.3) is 0 Å². The Morgan fingerprint density at radius 3 is 3.00 bits per heavy atom. The smallest absolute Gasteiger partial charge is 0.245 e. The number of sulfonamides is 1. The molecule has 0 saturated carbocycles. The van der Waals surface area contributed by atoms with Crippen LogP contribution in [0.15, 0.2) is 23.2 Å². The van der Waals surface area contributed by atoms with Crippen molar-refractivity contribution in [1.82, 2.24) is 9.29 Å². The first-order valence-corrected chi connectivity index (χ1v) is 7.32. The lowest BCUT2D eigenvalue weighted by atomic mass is 10.1. The molecule has 1 aromatic heterocycles. The highest BCUT2D eigenvalue weighted by Gasteiger charge is 2.31. The summed E-state index contributed by atoms with van der Waals surface area (Å²) in [4.78, 5) is 4.12. The number of hydrogen-bond donors (Lipinski definition) is 2. The molecule has 1 fully saturated rings. The first-order chi connectivity index (χ1) is 8.55. The third-order valence-corrected chi connectivity index (χ3v) is 4.96. The number of aromatic nitrogens is 1. The van der Waals surface area contributed by atoms with E-state index in [1.54, 1.807) is 6.07 Å². The first-order valence-electron chi connectivity index (χ1n) is 5.88. The largest absolute Gasteiger partial charge is 0.392 e. The molecule has 1 aliphatic rings. The van der Waals surface area contributed by atoms with Crippen LogP contribution in [0.25, 0.3) is 0 Å². The van der Waals surface area contributed by atoms with E-state index in [4.69, 9.17) is 5.73 Å². The second kappa shape index (κ2) is 5.31. The summed E-state index contributed by atoms with van der Waals surface area (Å²) >= 11 is 0. The summed E-state index contributed by atoms with van der Waals surface area (Å²) in [5.74, 6) is 0. The molecular formula is C11H17N3O3S. The molecule has 7 heteroatoms. The van der Waals surface area contributed by atoms with Crippen molar-refractivity contribution in [3.05, 3.63) is 24.0 Å². The molecule has 1 aromatic rings. The summed E-state index contributed by atoms with van der Waals surface area (Å²) in [6, 6.07) is 3.08. The zero-order valence-corrected chi connectivity index (χ0v) is 10.8. The van der Waals surface area contributed by atoms with Gasteiger partial charge in [0.15, 0.2) is 0 Å². The highest BCUT2D eigenvalue weighted by molar-refractivity contribution is 7.89. The van der Waals surface area contributed by atoms with E-state index in [0.29, 0.717) is 25.1 Å². The molecule has 0 amide bonds. The molecule has 100 valence electrons. The van der Waals surface area contributed by atoms with Gasteiger partial charge in [-0.05, 0) is 25.0 Å². The minimum absolute atomic E-state index is 0.0752. The molecule has 0 aromatic carbocycles. The number of piperidine rings is 1. The van der Waals surface area contributed by atoms with Gasteiger partial charge in [0, 0.05) is 25.8 Å². The molecule has 1 saturated heterocycles. The Kier molecular flexibility index (Phi) is 3.96. The molecule has 2 rings (SSSR count). The number of aliphatic hydroxyl groups is 1. The molecule has 0 bridgehead atoms. The van der Waals surface area contributed by atoms with Crippen molar-refractivity contribution < 1.29 is 13.5 Å². The van der Waals surface area contributed by atoms with Crippen molar-refractivity contribution in [2.24, 2.45) is 5.73 Å². The Morgan fingerprint density at radius 2 is 2.33 bits per heavy atom. The molecule has 1 atom stereocenters.